The van der Waals surface area contributed by atoms with Crippen LogP contribution in [-0.4, -0.2) is 21.3 Å². The molecule has 1 amide bonds. The first-order valence-corrected chi connectivity index (χ1v) is 5.23. The van der Waals surface area contributed by atoms with Crippen LogP contribution in [0, 0.1) is 11.6 Å². The van der Waals surface area contributed by atoms with Gasteiger partial charge in [-0.3, -0.25) is 4.79 Å². The maximum atomic E-state index is 13.7. The molecule has 2 rings (SSSR count). The SMILES string of the molecule is NC(=O)c1n[nH]nc1-c1c(F)c(F)cc(Cl)c1Cl. The summed E-state index contributed by atoms with van der Waals surface area (Å²) in [6, 6.07) is 0.715. The fraction of sp³-hybridized carbons (Fsp3) is 0. The van der Waals surface area contributed by atoms with E-state index in [4.69, 9.17) is 28.9 Å². The Labute approximate surface area is 109 Å². The molecule has 9 heteroatoms. The van der Waals surface area contributed by atoms with Gasteiger partial charge in [-0.05, 0) is 6.07 Å². The number of halogens is 4. The summed E-state index contributed by atoms with van der Waals surface area (Å²) in [5.41, 5.74) is 3.89. The molecule has 94 valence electrons. The van der Waals surface area contributed by atoms with Gasteiger partial charge in [0.2, 0.25) is 0 Å². The third-order valence-corrected chi connectivity index (χ3v) is 2.92. The molecular formula is C9H4Cl2F2N4O. The number of aromatic amines is 1. The zero-order valence-corrected chi connectivity index (χ0v) is 9.98. The van der Waals surface area contributed by atoms with Gasteiger partial charge < -0.3 is 5.73 Å². The van der Waals surface area contributed by atoms with E-state index in [1.807, 2.05) is 0 Å². The monoisotopic (exact) mass is 292 g/mol. The second-order valence-electron chi connectivity index (χ2n) is 3.23. The highest BCUT2D eigenvalue weighted by atomic mass is 35.5. The number of carbonyl (C=O) groups excluding carboxylic acids is 1. The first-order valence-electron chi connectivity index (χ1n) is 4.47. The number of nitrogens with one attached hydrogen (secondary N) is 1. The molecule has 1 aromatic carbocycles. The Hall–Kier alpha value is -1.73. The Balaban J connectivity index is 2.79. The first kappa shape index (κ1) is 12.7. The Morgan fingerprint density at radius 3 is 2.61 bits per heavy atom. The number of rotatable bonds is 2. The second-order valence-corrected chi connectivity index (χ2v) is 4.01. The molecule has 18 heavy (non-hydrogen) atoms. The zero-order valence-electron chi connectivity index (χ0n) is 8.47. The van der Waals surface area contributed by atoms with Gasteiger partial charge in [-0.15, -0.1) is 0 Å². The molecule has 2 aromatic rings. The highest BCUT2D eigenvalue weighted by Crippen LogP contribution is 2.37. The molecule has 1 heterocycles. The Morgan fingerprint density at radius 1 is 1.33 bits per heavy atom. The minimum atomic E-state index is -1.29. The molecule has 0 aliphatic heterocycles. The number of primary amides is 1. The molecule has 0 fully saturated rings. The Kier molecular flexibility index (Phi) is 3.18. The molecule has 0 saturated carbocycles. The number of aromatic nitrogens is 3. The lowest BCUT2D eigenvalue weighted by Gasteiger charge is -2.06. The molecule has 1 aromatic heterocycles. The molecule has 0 radical (unpaired) electrons. The van der Waals surface area contributed by atoms with Gasteiger partial charge in [-0.1, -0.05) is 23.2 Å². The summed E-state index contributed by atoms with van der Waals surface area (Å²) < 4.78 is 26.9. The summed E-state index contributed by atoms with van der Waals surface area (Å²) in [6.07, 6.45) is 0. The topological polar surface area (TPSA) is 84.7 Å². The summed E-state index contributed by atoms with van der Waals surface area (Å²) >= 11 is 11.4. The van der Waals surface area contributed by atoms with E-state index in [1.54, 1.807) is 0 Å². The summed E-state index contributed by atoms with van der Waals surface area (Å²) in [5.74, 6) is -3.48. The van der Waals surface area contributed by atoms with E-state index in [0.717, 1.165) is 0 Å². The maximum absolute atomic E-state index is 13.7. The van der Waals surface area contributed by atoms with Crippen molar-refractivity contribution < 1.29 is 13.6 Å². The number of nitrogens with zero attached hydrogens (tertiary/aromatic N) is 2. The third-order valence-electron chi connectivity index (χ3n) is 2.13. The average molecular weight is 293 g/mol. The summed E-state index contributed by atoms with van der Waals surface area (Å²) in [5, 5.41) is 8.53. The first-order chi connectivity index (χ1) is 8.43. The molecule has 3 N–H and O–H groups in total. The number of benzene rings is 1. The van der Waals surface area contributed by atoms with Crippen molar-refractivity contribution in [1.29, 1.82) is 0 Å². The highest BCUT2D eigenvalue weighted by molar-refractivity contribution is 6.43. The van der Waals surface area contributed by atoms with Gasteiger partial charge in [0.1, 0.15) is 5.69 Å². The van der Waals surface area contributed by atoms with Crippen LogP contribution in [-0.2, 0) is 0 Å². The van der Waals surface area contributed by atoms with Crippen LogP contribution in [0.3, 0.4) is 0 Å². The van der Waals surface area contributed by atoms with Gasteiger partial charge in [-0.2, -0.15) is 15.4 Å². The number of H-pyrrole nitrogens is 1. The average Bonchev–Trinajstić information content (AvgIpc) is 2.76. The number of amides is 1. The lowest BCUT2D eigenvalue weighted by atomic mass is 10.1. The molecule has 0 saturated heterocycles. The van der Waals surface area contributed by atoms with Crippen LogP contribution in [0.1, 0.15) is 10.5 Å². The van der Waals surface area contributed by atoms with Crippen LogP contribution in [0.25, 0.3) is 11.3 Å². The number of carbonyl (C=O) groups is 1. The third kappa shape index (κ3) is 1.91. The van der Waals surface area contributed by atoms with Crippen molar-refractivity contribution in [1.82, 2.24) is 15.4 Å². The number of hydrogen-bond donors (Lipinski definition) is 2. The minimum absolute atomic E-state index is 0.219. The lowest BCUT2D eigenvalue weighted by Crippen LogP contribution is -2.13. The molecule has 0 spiro atoms. The summed E-state index contributed by atoms with van der Waals surface area (Å²) in [4.78, 5) is 11.1. The Bertz CT molecular complexity index is 617. The zero-order chi connectivity index (χ0) is 13.4. The van der Waals surface area contributed by atoms with E-state index in [1.165, 1.54) is 0 Å². The van der Waals surface area contributed by atoms with Crippen LogP contribution in [0.5, 0.6) is 0 Å². The second kappa shape index (κ2) is 4.51. The summed E-state index contributed by atoms with van der Waals surface area (Å²) in [6.45, 7) is 0. The van der Waals surface area contributed by atoms with Gasteiger partial charge in [0.25, 0.3) is 5.91 Å². The van der Waals surface area contributed by atoms with Gasteiger partial charge in [0, 0.05) is 0 Å². The fourth-order valence-electron chi connectivity index (χ4n) is 1.36. The quantitative estimate of drug-likeness (QED) is 0.832. The van der Waals surface area contributed by atoms with Crippen LogP contribution >= 0.6 is 23.2 Å². The Morgan fingerprint density at radius 2 is 2.00 bits per heavy atom. The highest BCUT2D eigenvalue weighted by Gasteiger charge is 2.25. The molecular weight excluding hydrogens is 289 g/mol. The summed E-state index contributed by atoms with van der Waals surface area (Å²) in [7, 11) is 0. The van der Waals surface area contributed by atoms with Crippen molar-refractivity contribution in [2.75, 3.05) is 0 Å². The molecule has 0 bridgehead atoms. The largest absolute Gasteiger partial charge is 0.364 e. The fourth-order valence-corrected chi connectivity index (χ4v) is 1.78. The predicted molar refractivity (Wildman–Crippen MR) is 60.3 cm³/mol. The standard InChI is InChI=1S/C9H4Cl2F2N4O/c10-2-1-3(12)6(13)4(5(2)11)7-8(9(14)18)16-17-15-7/h1H,(H2,14,18)(H,15,16,17). The molecule has 5 nitrogen and oxygen atoms in total. The lowest BCUT2D eigenvalue weighted by molar-refractivity contribution is 0.0996. The minimum Gasteiger partial charge on any atom is -0.364 e. The van der Waals surface area contributed by atoms with Gasteiger partial charge in [0.15, 0.2) is 17.3 Å². The van der Waals surface area contributed by atoms with Gasteiger partial charge in [-0.25, -0.2) is 8.78 Å². The van der Waals surface area contributed by atoms with E-state index in [2.05, 4.69) is 15.4 Å². The van der Waals surface area contributed by atoms with Gasteiger partial charge in [0.05, 0.1) is 15.6 Å². The van der Waals surface area contributed by atoms with Crippen molar-refractivity contribution in [3.63, 3.8) is 0 Å². The van der Waals surface area contributed by atoms with E-state index >= 15 is 0 Å². The molecule has 0 aliphatic rings. The van der Waals surface area contributed by atoms with Crippen LogP contribution < -0.4 is 5.73 Å². The smallest absolute Gasteiger partial charge is 0.271 e. The molecule has 0 unspecified atom stereocenters. The van der Waals surface area contributed by atoms with E-state index in [-0.39, 0.29) is 21.4 Å². The van der Waals surface area contributed by atoms with Crippen molar-refractivity contribution in [3.8, 4) is 11.3 Å². The van der Waals surface area contributed by atoms with Crippen molar-refractivity contribution in [2.24, 2.45) is 5.73 Å². The normalized spacial score (nSPS) is 10.7. The van der Waals surface area contributed by atoms with E-state index in [9.17, 15) is 13.6 Å². The predicted octanol–water partition coefficient (Wildman–Crippen LogP) is 2.16. The number of nitrogens with two attached hydrogens (primary N) is 1. The van der Waals surface area contributed by atoms with Crippen LogP contribution in [0.15, 0.2) is 6.07 Å². The van der Waals surface area contributed by atoms with Crippen LogP contribution in [0.4, 0.5) is 8.78 Å². The van der Waals surface area contributed by atoms with Gasteiger partial charge >= 0.3 is 0 Å². The number of hydrogen-bond acceptors (Lipinski definition) is 3. The maximum Gasteiger partial charge on any atom is 0.271 e. The van der Waals surface area contributed by atoms with Crippen molar-refractivity contribution in [2.45, 2.75) is 0 Å². The molecule has 0 aliphatic carbocycles. The van der Waals surface area contributed by atoms with Crippen molar-refractivity contribution >= 4 is 29.1 Å². The van der Waals surface area contributed by atoms with E-state index < -0.39 is 23.1 Å². The van der Waals surface area contributed by atoms with Crippen LogP contribution in [0.2, 0.25) is 10.0 Å². The van der Waals surface area contributed by atoms with Crippen molar-refractivity contribution in [3.05, 3.63) is 33.4 Å². The molecule has 0 atom stereocenters. The van der Waals surface area contributed by atoms with E-state index in [0.29, 0.717) is 6.07 Å².